The van der Waals surface area contributed by atoms with Crippen LogP contribution in [-0.2, 0) is 4.74 Å². The zero-order valence-electron chi connectivity index (χ0n) is 10.5. The molecule has 1 saturated carbocycles. The molecule has 1 unspecified atom stereocenters. The van der Waals surface area contributed by atoms with Crippen molar-refractivity contribution >= 4 is 6.09 Å². The van der Waals surface area contributed by atoms with Crippen LogP contribution in [0, 0.1) is 5.92 Å². The molecule has 2 atom stereocenters. The summed E-state index contributed by atoms with van der Waals surface area (Å²) in [6, 6.07) is 0.153. The van der Waals surface area contributed by atoms with Gasteiger partial charge in [0, 0.05) is 12.6 Å². The van der Waals surface area contributed by atoms with Crippen molar-refractivity contribution in [3.8, 4) is 0 Å². The van der Waals surface area contributed by atoms with Crippen molar-refractivity contribution in [2.45, 2.75) is 58.1 Å². The fraction of sp³-hybridized carbons (Fsp3) is 0.917. The van der Waals surface area contributed by atoms with E-state index < -0.39 is 5.60 Å². The fourth-order valence-corrected chi connectivity index (χ4v) is 2.06. The number of ether oxygens (including phenoxy) is 1. The lowest BCUT2D eigenvalue weighted by atomic mass is 9.86. The number of hydrogen-bond donors (Lipinski definition) is 2. The summed E-state index contributed by atoms with van der Waals surface area (Å²) >= 11 is 0. The van der Waals surface area contributed by atoms with Gasteiger partial charge in [-0.3, -0.25) is 0 Å². The summed E-state index contributed by atoms with van der Waals surface area (Å²) in [5.41, 5.74) is -0.449. The van der Waals surface area contributed by atoms with Gasteiger partial charge in [0.05, 0.1) is 0 Å². The van der Waals surface area contributed by atoms with Crippen LogP contribution in [0.25, 0.3) is 0 Å². The van der Waals surface area contributed by atoms with Crippen molar-refractivity contribution in [1.29, 1.82) is 0 Å². The number of amides is 1. The van der Waals surface area contributed by atoms with Gasteiger partial charge < -0.3 is 15.2 Å². The second-order valence-corrected chi connectivity index (χ2v) is 5.56. The van der Waals surface area contributed by atoms with Gasteiger partial charge in [0.1, 0.15) is 5.60 Å². The Morgan fingerprint density at radius 3 is 2.69 bits per heavy atom. The van der Waals surface area contributed by atoms with Crippen LogP contribution in [0.3, 0.4) is 0 Å². The van der Waals surface area contributed by atoms with Gasteiger partial charge in [0.2, 0.25) is 0 Å². The van der Waals surface area contributed by atoms with Gasteiger partial charge in [0.15, 0.2) is 0 Å². The number of nitrogens with one attached hydrogen (secondary N) is 1. The first-order valence-electron chi connectivity index (χ1n) is 6.01. The third kappa shape index (κ3) is 4.84. The first kappa shape index (κ1) is 13.3. The molecule has 0 aliphatic heterocycles. The van der Waals surface area contributed by atoms with Gasteiger partial charge in [-0.25, -0.2) is 4.79 Å². The van der Waals surface area contributed by atoms with E-state index in [1.54, 1.807) is 0 Å². The number of hydrogen-bond acceptors (Lipinski definition) is 3. The Hall–Kier alpha value is -0.770. The first-order valence-corrected chi connectivity index (χ1v) is 6.01. The number of aliphatic hydroxyl groups excluding tert-OH is 1. The molecule has 4 heteroatoms. The Balaban J connectivity index is 2.33. The van der Waals surface area contributed by atoms with Crippen LogP contribution in [0.1, 0.15) is 46.5 Å². The molecule has 0 aromatic rings. The summed E-state index contributed by atoms with van der Waals surface area (Å²) < 4.78 is 5.20. The van der Waals surface area contributed by atoms with Gasteiger partial charge in [-0.05, 0) is 46.0 Å². The molecule has 0 aromatic heterocycles. The quantitative estimate of drug-likeness (QED) is 0.762. The maximum atomic E-state index is 11.5. The Morgan fingerprint density at radius 2 is 2.12 bits per heavy atom. The predicted octanol–water partition coefficient (Wildman–Crippen LogP) is 2.06. The van der Waals surface area contributed by atoms with E-state index >= 15 is 0 Å². The van der Waals surface area contributed by atoms with Crippen LogP contribution in [0.15, 0.2) is 0 Å². The van der Waals surface area contributed by atoms with Gasteiger partial charge in [-0.1, -0.05) is 6.42 Å². The van der Waals surface area contributed by atoms with Gasteiger partial charge in [-0.15, -0.1) is 0 Å². The first-order chi connectivity index (χ1) is 7.40. The summed E-state index contributed by atoms with van der Waals surface area (Å²) in [6.07, 6.45) is 3.61. The fourth-order valence-electron chi connectivity index (χ4n) is 2.06. The molecule has 1 aliphatic carbocycles. The van der Waals surface area contributed by atoms with E-state index in [2.05, 4.69) is 5.32 Å². The Labute approximate surface area is 97.4 Å². The maximum absolute atomic E-state index is 11.5. The van der Waals surface area contributed by atoms with Crippen molar-refractivity contribution in [2.24, 2.45) is 5.92 Å². The lowest BCUT2D eigenvalue weighted by Gasteiger charge is -2.29. The average molecular weight is 229 g/mol. The normalized spacial score (nSPS) is 26.2. The van der Waals surface area contributed by atoms with E-state index in [0.29, 0.717) is 5.92 Å². The highest BCUT2D eigenvalue weighted by atomic mass is 16.6. The number of carbonyl (C=O) groups is 1. The third-order valence-electron chi connectivity index (χ3n) is 2.76. The molecular formula is C12H23NO3. The van der Waals surface area contributed by atoms with E-state index in [0.717, 1.165) is 25.7 Å². The molecule has 0 bridgehead atoms. The van der Waals surface area contributed by atoms with Gasteiger partial charge in [0.25, 0.3) is 0 Å². The van der Waals surface area contributed by atoms with Crippen LogP contribution in [0.4, 0.5) is 4.79 Å². The molecule has 4 nitrogen and oxygen atoms in total. The SMILES string of the molecule is CC(C)(C)OC(=O)N[C@@H]1CCCC(CO)C1. The van der Waals surface area contributed by atoms with Crippen LogP contribution >= 0.6 is 0 Å². The second kappa shape index (κ2) is 5.53. The van der Waals surface area contributed by atoms with Crippen molar-refractivity contribution < 1.29 is 14.6 Å². The average Bonchev–Trinajstić information content (AvgIpc) is 2.15. The van der Waals surface area contributed by atoms with Crippen molar-refractivity contribution in [2.75, 3.05) is 6.61 Å². The minimum Gasteiger partial charge on any atom is -0.444 e. The number of rotatable bonds is 2. The van der Waals surface area contributed by atoms with Crippen molar-refractivity contribution in [1.82, 2.24) is 5.32 Å². The van der Waals surface area contributed by atoms with Crippen LogP contribution in [0.5, 0.6) is 0 Å². The Morgan fingerprint density at radius 1 is 1.44 bits per heavy atom. The van der Waals surface area contributed by atoms with Crippen molar-refractivity contribution in [3.05, 3.63) is 0 Å². The molecule has 0 radical (unpaired) electrons. The Kier molecular flexibility index (Phi) is 4.59. The van der Waals surface area contributed by atoms with E-state index in [-0.39, 0.29) is 18.7 Å². The summed E-state index contributed by atoms with van der Waals surface area (Å²) in [7, 11) is 0. The van der Waals surface area contributed by atoms with Gasteiger partial charge >= 0.3 is 6.09 Å². The molecule has 16 heavy (non-hydrogen) atoms. The van der Waals surface area contributed by atoms with E-state index in [9.17, 15) is 4.79 Å². The minimum atomic E-state index is -0.449. The zero-order valence-corrected chi connectivity index (χ0v) is 10.5. The molecule has 0 aromatic carbocycles. The maximum Gasteiger partial charge on any atom is 0.407 e. The standard InChI is InChI=1S/C12H23NO3/c1-12(2,3)16-11(15)13-10-6-4-5-9(7-10)8-14/h9-10,14H,4-8H2,1-3H3,(H,13,15)/t9?,10-/m1/s1. The molecule has 0 spiro atoms. The molecule has 1 amide bonds. The summed E-state index contributed by atoms with van der Waals surface area (Å²) in [4.78, 5) is 11.5. The molecular weight excluding hydrogens is 206 g/mol. The second-order valence-electron chi connectivity index (χ2n) is 5.56. The smallest absolute Gasteiger partial charge is 0.407 e. The molecule has 0 saturated heterocycles. The predicted molar refractivity (Wildman–Crippen MR) is 62.2 cm³/mol. The summed E-state index contributed by atoms with van der Waals surface area (Å²) in [6.45, 7) is 5.77. The van der Waals surface area contributed by atoms with Crippen LogP contribution in [0.2, 0.25) is 0 Å². The summed E-state index contributed by atoms with van der Waals surface area (Å²) in [5, 5.41) is 12.0. The molecule has 1 aliphatic rings. The molecule has 0 heterocycles. The lowest BCUT2D eigenvalue weighted by Crippen LogP contribution is -2.41. The highest BCUT2D eigenvalue weighted by molar-refractivity contribution is 5.68. The third-order valence-corrected chi connectivity index (χ3v) is 2.76. The molecule has 1 fully saturated rings. The Bertz CT molecular complexity index is 235. The van der Waals surface area contributed by atoms with E-state index in [1.165, 1.54) is 0 Å². The van der Waals surface area contributed by atoms with Gasteiger partial charge in [-0.2, -0.15) is 0 Å². The minimum absolute atomic E-state index is 0.153. The van der Waals surface area contributed by atoms with E-state index in [4.69, 9.17) is 9.84 Å². The topological polar surface area (TPSA) is 58.6 Å². The monoisotopic (exact) mass is 229 g/mol. The van der Waals surface area contributed by atoms with Crippen molar-refractivity contribution in [3.63, 3.8) is 0 Å². The van der Waals surface area contributed by atoms with Crippen LogP contribution in [-0.4, -0.2) is 29.4 Å². The number of aliphatic hydroxyl groups is 1. The molecule has 2 N–H and O–H groups in total. The zero-order chi connectivity index (χ0) is 12.2. The van der Waals surface area contributed by atoms with Crippen LogP contribution < -0.4 is 5.32 Å². The number of carbonyl (C=O) groups excluding carboxylic acids is 1. The number of alkyl carbamates (subject to hydrolysis) is 1. The largest absolute Gasteiger partial charge is 0.444 e. The highest BCUT2D eigenvalue weighted by Crippen LogP contribution is 2.23. The molecule has 94 valence electrons. The summed E-state index contributed by atoms with van der Waals surface area (Å²) in [5.74, 6) is 0.327. The molecule has 1 rings (SSSR count). The van der Waals surface area contributed by atoms with E-state index in [1.807, 2.05) is 20.8 Å². The highest BCUT2D eigenvalue weighted by Gasteiger charge is 2.24. The lowest BCUT2D eigenvalue weighted by molar-refractivity contribution is 0.0475.